The summed E-state index contributed by atoms with van der Waals surface area (Å²) in [5.41, 5.74) is 4.44. The highest BCUT2D eigenvalue weighted by atomic mass is 32.2. The number of aromatic nitrogens is 2. The van der Waals surface area contributed by atoms with Crippen molar-refractivity contribution in [2.24, 2.45) is 5.14 Å². The summed E-state index contributed by atoms with van der Waals surface area (Å²) in [5, 5.41) is 9.03. The summed E-state index contributed by atoms with van der Waals surface area (Å²) in [6.07, 6.45) is 2.68. The molecule has 0 saturated heterocycles. The van der Waals surface area contributed by atoms with Crippen molar-refractivity contribution in [3.05, 3.63) is 84.2 Å². The number of hydrogen-bond acceptors (Lipinski definition) is 5. The minimum Gasteiger partial charge on any atom is -0.457 e. The van der Waals surface area contributed by atoms with E-state index in [0.717, 1.165) is 46.9 Å². The molecule has 0 amide bonds. The van der Waals surface area contributed by atoms with Gasteiger partial charge in [0.15, 0.2) is 0 Å². The van der Waals surface area contributed by atoms with Gasteiger partial charge in [-0.1, -0.05) is 24.3 Å². The maximum absolute atomic E-state index is 5.93. The molecule has 4 rings (SSSR count). The van der Waals surface area contributed by atoms with Gasteiger partial charge in [0, 0.05) is 17.5 Å². The second-order valence-electron chi connectivity index (χ2n) is 6.52. The zero-order valence-electron chi connectivity index (χ0n) is 15.4. The first-order valence-electron chi connectivity index (χ1n) is 9.16. The summed E-state index contributed by atoms with van der Waals surface area (Å²) in [5.74, 6) is 1.61. The molecule has 0 spiro atoms. The molecule has 1 aromatic heterocycles. The summed E-state index contributed by atoms with van der Waals surface area (Å²) < 4.78 is 5.93. The van der Waals surface area contributed by atoms with E-state index in [1.54, 1.807) is 6.33 Å². The fraction of sp³-hybridized carbons (Fsp3) is 0.136. The molecule has 0 atom stereocenters. The first kappa shape index (κ1) is 18.6. The smallest absolute Gasteiger partial charge is 0.129 e. The summed E-state index contributed by atoms with van der Waals surface area (Å²) in [4.78, 5) is 8.40. The quantitative estimate of drug-likeness (QED) is 0.301. The molecule has 28 heavy (non-hydrogen) atoms. The number of nitrogens with one attached hydrogen (secondary N) is 2. The lowest BCUT2D eigenvalue weighted by Gasteiger charge is -2.08. The monoisotopic (exact) mass is 390 g/mol. The Labute approximate surface area is 168 Å². The molecule has 0 bridgehead atoms. The van der Waals surface area contributed by atoms with Crippen LogP contribution in [0.2, 0.25) is 0 Å². The Morgan fingerprint density at radius 3 is 2.46 bits per heavy atom. The Kier molecular flexibility index (Phi) is 5.92. The van der Waals surface area contributed by atoms with Crippen molar-refractivity contribution in [1.29, 1.82) is 0 Å². The van der Waals surface area contributed by atoms with Crippen molar-refractivity contribution in [2.45, 2.75) is 17.9 Å². The standard InChI is InChI=1S/C22H22N4OS/c23-28-20-8-3-16(4-9-20)11-12-24-14-17-1-5-18(6-2-17)27-19-7-10-21-22(13-19)26-15-25-21/h1-10,13,15,24H,11-12,14,23H2,(H,25,26). The third-order valence-corrected chi connectivity index (χ3v) is 5.07. The van der Waals surface area contributed by atoms with Gasteiger partial charge in [0.25, 0.3) is 0 Å². The van der Waals surface area contributed by atoms with E-state index in [4.69, 9.17) is 9.88 Å². The molecule has 0 aliphatic carbocycles. The number of rotatable bonds is 8. The van der Waals surface area contributed by atoms with Crippen molar-refractivity contribution >= 4 is 23.0 Å². The largest absolute Gasteiger partial charge is 0.457 e. The molecule has 4 aromatic rings. The summed E-state index contributed by atoms with van der Waals surface area (Å²) in [7, 11) is 0. The highest BCUT2D eigenvalue weighted by Crippen LogP contribution is 2.24. The van der Waals surface area contributed by atoms with Gasteiger partial charge in [-0.25, -0.2) is 4.98 Å². The summed E-state index contributed by atoms with van der Waals surface area (Å²) in [6.45, 7) is 1.76. The number of nitrogens with two attached hydrogens (primary N) is 1. The van der Waals surface area contributed by atoms with E-state index >= 15 is 0 Å². The van der Waals surface area contributed by atoms with E-state index in [9.17, 15) is 0 Å². The molecule has 0 radical (unpaired) electrons. The average Bonchev–Trinajstić information content (AvgIpc) is 3.21. The van der Waals surface area contributed by atoms with E-state index in [2.05, 4.69) is 51.7 Å². The van der Waals surface area contributed by atoms with Crippen LogP contribution in [-0.2, 0) is 13.0 Å². The van der Waals surface area contributed by atoms with E-state index in [0.29, 0.717) is 0 Å². The number of hydrogen-bond donors (Lipinski definition) is 3. The minimum absolute atomic E-state index is 0.793. The molecule has 1 heterocycles. The average molecular weight is 391 g/mol. The SMILES string of the molecule is NSc1ccc(CCNCc2ccc(Oc3ccc4nc[nH]c4c3)cc2)cc1. The van der Waals surface area contributed by atoms with E-state index in [1.807, 2.05) is 30.3 Å². The van der Waals surface area contributed by atoms with Crippen LogP contribution in [0.1, 0.15) is 11.1 Å². The molecule has 0 unspecified atom stereocenters. The molecule has 0 aliphatic heterocycles. The van der Waals surface area contributed by atoms with E-state index < -0.39 is 0 Å². The predicted molar refractivity (Wildman–Crippen MR) is 115 cm³/mol. The van der Waals surface area contributed by atoms with Gasteiger partial charge < -0.3 is 15.0 Å². The van der Waals surface area contributed by atoms with Gasteiger partial charge in [0.05, 0.1) is 17.4 Å². The highest BCUT2D eigenvalue weighted by Gasteiger charge is 2.02. The van der Waals surface area contributed by atoms with Gasteiger partial charge in [-0.15, -0.1) is 0 Å². The molecule has 6 heteroatoms. The number of benzene rings is 3. The van der Waals surface area contributed by atoms with Crippen LogP contribution in [0.25, 0.3) is 11.0 Å². The lowest BCUT2D eigenvalue weighted by atomic mass is 10.1. The van der Waals surface area contributed by atoms with Crippen LogP contribution in [0, 0.1) is 0 Å². The number of imidazole rings is 1. The van der Waals surface area contributed by atoms with Crippen LogP contribution in [-0.4, -0.2) is 16.5 Å². The predicted octanol–water partition coefficient (Wildman–Crippen LogP) is 4.65. The lowest BCUT2D eigenvalue weighted by Crippen LogP contribution is -2.16. The van der Waals surface area contributed by atoms with Crippen LogP contribution in [0.4, 0.5) is 0 Å². The van der Waals surface area contributed by atoms with Crippen LogP contribution in [0.3, 0.4) is 0 Å². The number of ether oxygens (including phenoxy) is 1. The third-order valence-electron chi connectivity index (χ3n) is 4.53. The molecule has 3 aromatic carbocycles. The Hall–Kier alpha value is -2.80. The minimum atomic E-state index is 0.793. The van der Waals surface area contributed by atoms with Gasteiger partial charge in [-0.05, 0) is 72.4 Å². The first-order valence-corrected chi connectivity index (χ1v) is 10.0. The van der Waals surface area contributed by atoms with Gasteiger partial charge in [-0.2, -0.15) is 0 Å². The Morgan fingerprint density at radius 2 is 1.68 bits per heavy atom. The normalized spacial score (nSPS) is 11.0. The lowest BCUT2D eigenvalue weighted by molar-refractivity contribution is 0.483. The van der Waals surface area contributed by atoms with Crippen molar-refractivity contribution in [3.63, 3.8) is 0 Å². The maximum atomic E-state index is 5.93. The fourth-order valence-electron chi connectivity index (χ4n) is 2.99. The summed E-state index contributed by atoms with van der Waals surface area (Å²) >= 11 is 1.28. The number of aromatic amines is 1. The van der Waals surface area contributed by atoms with Gasteiger partial charge in [-0.3, -0.25) is 5.14 Å². The topological polar surface area (TPSA) is 76.0 Å². The first-order chi connectivity index (χ1) is 13.8. The zero-order chi connectivity index (χ0) is 19.2. The second kappa shape index (κ2) is 8.93. The van der Waals surface area contributed by atoms with Crippen LogP contribution >= 0.6 is 11.9 Å². The van der Waals surface area contributed by atoms with E-state index in [1.165, 1.54) is 23.1 Å². The van der Waals surface area contributed by atoms with Crippen LogP contribution in [0.15, 0.2) is 78.0 Å². The molecule has 0 fully saturated rings. The van der Waals surface area contributed by atoms with Crippen molar-refractivity contribution in [2.75, 3.05) is 6.54 Å². The van der Waals surface area contributed by atoms with Crippen molar-refractivity contribution in [1.82, 2.24) is 15.3 Å². The van der Waals surface area contributed by atoms with Crippen LogP contribution < -0.4 is 15.2 Å². The Bertz CT molecular complexity index is 1030. The fourth-order valence-corrected chi connectivity index (χ4v) is 3.28. The number of H-pyrrole nitrogens is 1. The molecular weight excluding hydrogens is 368 g/mol. The Morgan fingerprint density at radius 1 is 0.929 bits per heavy atom. The third kappa shape index (κ3) is 4.72. The molecule has 4 N–H and O–H groups in total. The van der Waals surface area contributed by atoms with Crippen molar-refractivity contribution < 1.29 is 4.74 Å². The number of nitrogens with zero attached hydrogens (tertiary/aromatic N) is 1. The zero-order valence-corrected chi connectivity index (χ0v) is 16.2. The Balaban J connectivity index is 1.25. The van der Waals surface area contributed by atoms with Gasteiger partial charge >= 0.3 is 0 Å². The van der Waals surface area contributed by atoms with E-state index in [-0.39, 0.29) is 0 Å². The maximum Gasteiger partial charge on any atom is 0.129 e. The molecule has 0 saturated carbocycles. The number of fused-ring (bicyclic) bond motifs is 1. The summed E-state index contributed by atoms with van der Waals surface area (Å²) in [6, 6.07) is 22.4. The van der Waals surface area contributed by atoms with Gasteiger partial charge in [0.2, 0.25) is 0 Å². The molecular formula is C22H22N4OS. The molecule has 0 aliphatic rings. The second-order valence-corrected chi connectivity index (χ2v) is 7.22. The van der Waals surface area contributed by atoms with Crippen molar-refractivity contribution in [3.8, 4) is 11.5 Å². The molecule has 142 valence electrons. The van der Waals surface area contributed by atoms with Crippen LogP contribution in [0.5, 0.6) is 11.5 Å². The van der Waals surface area contributed by atoms with Gasteiger partial charge in [0.1, 0.15) is 11.5 Å². The highest BCUT2D eigenvalue weighted by molar-refractivity contribution is 7.97. The molecule has 5 nitrogen and oxygen atoms in total.